The highest BCUT2D eigenvalue weighted by Gasteiger charge is 2.46. The number of carbonyl (C=O) groups is 1. The van der Waals surface area contributed by atoms with Crippen LogP contribution in [0.15, 0.2) is 4.99 Å². The van der Waals surface area contributed by atoms with Crippen LogP contribution >= 0.6 is 0 Å². The summed E-state index contributed by atoms with van der Waals surface area (Å²) in [5.74, 6) is 1.63. The first-order valence-corrected chi connectivity index (χ1v) is 7.34. The summed E-state index contributed by atoms with van der Waals surface area (Å²) < 4.78 is 0. The van der Waals surface area contributed by atoms with Gasteiger partial charge in [0.1, 0.15) is 5.54 Å². The van der Waals surface area contributed by atoms with Gasteiger partial charge in [-0.15, -0.1) is 0 Å². The molecule has 1 spiro atoms. The van der Waals surface area contributed by atoms with Crippen LogP contribution in [0.4, 0.5) is 0 Å². The van der Waals surface area contributed by atoms with Crippen LogP contribution < -0.4 is 10.6 Å². The molecule has 1 amide bonds. The fraction of sp³-hybridized carbons (Fsp3) is 0.857. The molecule has 0 unspecified atom stereocenters. The first-order chi connectivity index (χ1) is 8.70. The van der Waals surface area contributed by atoms with Gasteiger partial charge in [0.05, 0.1) is 0 Å². The van der Waals surface area contributed by atoms with Crippen molar-refractivity contribution in [3.8, 4) is 0 Å². The van der Waals surface area contributed by atoms with Gasteiger partial charge in [-0.25, -0.2) is 0 Å². The quantitative estimate of drug-likeness (QED) is 0.805. The maximum atomic E-state index is 12.1. The van der Waals surface area contributed by atoms with E-state index < -0.39 is 0 Å². The zero-order valence-electron chi connectivity index (χ0n) is 11.6. The fourth-order valence-electron chi connectivity index (χ4n) is 3.06. The molecule has 1 saturated heterocycles. The Morgan fingerprint density at radius 2 is 2.00 bits per heavy atom. The van der Waals surface area contributed by atoms with E-state index in [-0.39, 0.29) is 11.4 Å². The Hall–Kier alpha value is -1.06. The minimum absolute atomic E-state index is 0.132. The van der Waals surface area contributed by atoms with Crippen LogP contribution in [-0.4, -0.2) is 24.0 Å². The summed E-state index contributed by atoms with van der Waals surface area (Å²) in [5, 5.41) is 6.24. The Bertz CT molecular complexity index is 330. The molecule has 1 aliphatic carbocycles. The van der Waals surface area contributed by atoms with Crippen LogP contribution in [0.2, 0.25) is 0 Å². The van der Waals surface area contributed by atoms with Crippen LogP contribution in [0.1, 0.15) is 58.8 Å². The Labute approximate surface area is 110 Å². The number of rotatable bonds is 4. The predicted octanol–water partition coefficient (Wildman–Crippen LogP) is 2.20. The molecular formula is C14H25N3O. The van der Waals surface area contributed by atoms with Crippen molar-refractivity contribution in [1.82, 2.24) is 10.6 Å². The molecule has 1 heterocycles. The summed E-state index contributed by atoms with van der Waals surface area (Å²) in [6.45, 7) is 5.10. The molecule has 102 valence electrons. The van der Waals surface area contributed by atoms with Crippen molar-refractivity contribution in [2.45, 2.75) is 64.3 Å². The van der Waals surface area contributed by atoms with Gasteiger partial charge in [-0.2, -0.15) is 0 Å². The Balaban J connectivity index is 1.95. The number of guanidine groups is 1. The van der Waals surface area contributed by atoms with Crippen molar-refractivity contribution in [3.63, 3.8) is 0 Å². The third-order valence-electron chi connectivity index (χ3n) is 4.17. The van der Waals surface area contributed by atoms with Crippen molar-refractivity contribution in [2.24, 2.45) is 10.9 Å². The van der Waals surface area contributed by atoms with Gasteiger partial charge in [0.25, 0.3) is 5.91 Å². The Kier molecular flexibility index (Phi) is 4.25. The SMILES string of the molecule is CCCN=C1NC(=O)C2(CCC(CCC)CC2)N1. The Morgan fingerprint density at radius 3 is 2.61 bits per heavy atom. The standard InChI is InChI=1S/C14H25N3O/c1-3-5-11-6-8-14(9-7-11)12(18)16-13(17-14)15-10-4-2/h11H,3-10H2,1-2H3,(H2,15,16,17,18). The van der Waals surface area contributed by atoms with Crippen LogP contribution in [0, 0.1) is 5.92 Å². The Morgan fingerprint density at radius 1 is 1.28 bits per heavy atom. The third kappa shape index (κ3) is 2.68. The van der Waals surface area contributed by atoms with Crippen LogP contribution in [0.3, 0.4) is 0 Å². The molecule has 4 nitrogen and oxygen atoms in total. The minimum Gasteiger partial charge on any atom is -0.342 e. The van der Waals surface area contributed by atoms with Gasteiger partial charge in [0, 0.05) is 6.54 Å². The average Bonchev–Trinajstić information content (AvgIpc) is 2.67. The molecule has 2 rings (SSSR count). The summed E-state index contributed by atoms with van der Waals surface area (Å²) in [4.78, 5) is 16.5. The highest BCUT2D eigenvalue weighted by Crippen LogP contribution is 2.35. The monoisotopic (exact) mass is 251 g/mol. The van der Waals surface area contributed by atoms with Gasteiger partial charge in [-0.05, 0) is 38.0 Å². The summed E-state index contributed by atoms with van der Waals surface area (Å²) in [5.41, 5.74) is -0.350. The van der Waals surface area contributed by atoms with Crippen molar-refractivity contribution in [1.29, 1.82) is 0 Å². The lowest BCUT2D eigenvalue weighted by molar-refractivity contribution is -0.125. The molecule has 0 aromatic rings. The van der Waals surface area contributed by atoms with Gasteiger partial charge in [-0.1, -0.05) is 26.7 Å². The highest BCUT2D eigenvalue weighted by molar-refractivity contribution is 6.09. The fourth-order valence-corrected chi connectivity index (χ4v) is 3.06. The second-order valence-electron chi connectivity index (χ2n) is 5.62. The third-order valence-corrected chi connectivity index (χ3v) is 4.17. The van der Waals surface area contributed by atoms with Gasteiger partial charge in [0.2, 0.25) is 0 Å². The van der Waals surface area contributed by atoms with E-state index in [0.29, 0.717) is 5.96 Å². The maximum absolute atomic E-state index is 12.1. The van der Waals surface area contributed by atoms with Gasteiger partial charge >= 0.3 is 0 Å². The number of hydrogen-bond donors (Lipinski definition) is 2. The summed E-state index contributed by atoms with van der Waals surface area (Å²) in [6, 6.07) is 0. The second-order valence-corrected chi connectivity index (χ2v) is 5.62. The molecule has 2 aliphatic rings. The normalized spacial score (nSPS) is 33.8. The number of carbonyl (C=O) groups excluding carboxylic acids is 1. The number of hydrogen-bond acceptors (Lipinski definition) is 2. The van der Waals surface area contributed by atoms with E-state index in [9.17, 15) is 4.79 Å². The van der Waals surface area contributed by atoms with Crippen molar-refractivity contribution < 1.29 is 4.79 Å². The van der Waals surface area contributed by atoms with Gasteiger partial charge in [0.15, 0.2) is 5.96 Å². The maximum Gasteiger partial charge on any atom is 0.252 e. The molecule has 18 heavy (non-hydrogen) atoms. The molecule has 2 fully saturated rings. The largest absolute Gasteiger partial charge is 0.342 e. The lowest BCUT2D eigenvalue weighted by Gasteiger charge is -2.34. The van der Waals surface area contributed by atoms with E-state index >= 15 is 0 Å². The summed E-state index contributed by atoms with van der Waals surface area (Å²) >= 11 is 0. The topological polar surface area (TPSA) is 53.5 Å². The molecule has 0 aromatic heterocycles. The first kappa shape index (κ1) is 13.4. The molecule has 0 atom stereocenters. The zero-order valence-corrected chi connectivity index (χ0v) is 11.6. The number of amides is 1. The van der Waals surface area contributed by atoms with E-state index in [1.54, 1.807) is 0 Å². The molecule has 0 radical (unpaired) electrons. The second kappa shape index (κ2) is 5.72. The lowest BCUT2D eigenvalue weighted by atomic mass is 9.75. The molecule has 1 saturated carbocycles. The number of aliphatic imine (C=N–C) groups is 1. The van der Waals surface area contributed by atoms with Crippen molar-refractivity contribution >= 4 is 11.9 Å². The van der Waals surface area contributed by atoms with Crippen LogP contribution in [0.5, 0.6) is 0 Å². The molecule has 0 bridgehead atoms. The van der Waals surface area contributed by atoms with E-state index in [2.05, 4.69) is 29.5 Å². The molecule has 4 heteroatoms. The minimum atomic E-state index is -0.350. The molecule has 1 aliphatic heterocycles. The average molecular weight is 251 g/mol. The van der Waals surface area contributed by atoms with Gasteiger partial charge in [-0.3, -0.25) is 15.1 Å². The highest BCUT2D eigenvalue weighted by atomic mass is 16.2. The smallest absolute Gasteiger partial charge is 0.252 e. The van der Waals surface area contributed by atoms with E-state index in [0.717, 1.165) is 44.6 Å². The summed E-state index contributed by atoms with van der Waals surface area (Å²) in [7, 11) is 0. The van der Waals surface area contributed by atoms with Crippen LogP contribution in [0.25, 0.3) is 0 Å². The number of nitrogens with zero attached hydrogens (tertiary/aromatic N) is 1. The summed E-state index contributed by atoms with van der Waals surface area (Å²) in [6.07, 6.45) is 7.79. The van der Waals surface area contributed by atoms with E-state index in [1.165, 1.54) is 12.8 Å². The van der Waals surface area contributed by atoms with E-state index in [1.807, 2.05) is 0 Å². The first-order valence-electron chi connectivity index (χ1n) is 7.34. The van der Waals surface area contributed by atoms with Gasteiger partial charge < -0.3 is 5.32 Å². The van der Waals surface area contributed by atoms with Crippen molar-refractivity contribution in [3.05, 3.63) is 0 Å². The number of nitrogens with one attached hydrogen (secondary N) is 2. The lowest BCUT2D eigenvalue weighted by Crippen LogP contribution is -2.49. The van der Waals surface area contributed by atoms with Crippen LogP contribution in [-0.2, 0) is 4.79 Å². The van der Waals surface area contributed by atoms with Crippen molar-refractivity contribution in [2.75, 3.05) is 6.54 Å². The van der Waals surface area contributed by atoms with E-state index in [4.69, 9.17) is 0 Å². The molecule has 2 N–H and O–H groups in total. The molecular weight excluding hydrogens is 226 g/mol. The molecule has 0 aromatic carbocycles. The zero-order chi connectivity index (χ0) is 13.0. The predicted molar refractivity (Wildman–Crippen MR) is 73.5 cm³/mol.